The Hall–Kier alpha value is -4.16. The van der Waals surface area contributed by atoms with Crippen molar-refractivity contribution in [3.63, 3.8) is 0 Å². The number of nitrogens with zero attached hydrogens (tertiary/aromatic N) is 7. The molecule has 0 aliphatic heterocycles. The lowest BCUT2D eigenvalue weighted by Gasteiger charge is -2.17. The summed E-state index contributed by atoms with van der Waals surface area (Å²) in [5, 5.41) is 28.2. The van der Waals surface area contributed by atoms with E-state index in [0.29, 0.717) is 28.2 Å². The monoisotopic (exact) mass is 432 g/mol. The number of nitriles is 1. The van der Waals surface area contributed by atoms with E-state index in [-0.39, 0.29) is 18.2 Å². The lowest BCUT2D eigenvalue weighted by atomic mass is 10.00. The van der Waals surface area contributed by atoms with Gasteiger partial charge >= 0.3 is 0 Å². The highest BCUT2D eigenvalue weighted by atomic mass is 16.3. The van der Waals surface area contributed by atoms with Crippen molar-refractivity contribution in [2.24, 2.45) is 0 Å². The molecule has 0 radical (unpaired) electrons. The average molecular weight is 433 g/mol. The Morgan fingerprint density at radius 3 is 2.69 bits per heavy atom. The second kappa shape index (κ2) is 8.17. The van der Waals surface area contributed by atoms with Crippen molar-refractivity contribution >= 4 is 5.95 Å². The second-order valence-corrected chi connectivity index (χ2v) is 7.11. The van der Waals surface area contributed by atoms with Gasteiger partial charge in [-0.05, 0) is 50.5 Å². The fourth-order valence-corrected chi connectivity index (χ4v) is 3.20. The number of nitrogen functional groups attached to an aromatic ring is 1. The molecule has 0 amide bonds. The summed E-state index contributed by atoms with van der Waals surface area (Å²) in [4.78, 5) is 12.6. The van der Waals surface area contributed by atoms with Crippen molar-refractivity contribution in [2.45, 2.75) is 32.8 Å². The molecule has 0 bridgehead atoms. The van der Waals surface area contributed by atoms with Crippen LogP contribution in [0, 0.1) is 18.3 Å². The SMILES string of the molecule is [2H]C([2H])([2H])C(O)(c1cccc(Cn2cc(-c3cc(-c4cccc(C#N)c4C)nc(N)n3)nn2)n1)C([2H])([2H])[2H]. The van der Waals surface area contributed by atoms with E-state index in [1.165, 1.54) is 16.8 Å². The number of hydrogen-bond donors (Lipinski definition) is 2. The molecule has 0 saturated heterocycles. The minimum atomic E-state index is -3.25. The average Bonchev–Trinajstić information content (AvgIpc) is 3.30. The van der Waals surface area contributed by atoms with Crippen LogP contribution in [0.1, 0.15) is 44.4 Å². The third kappa shape index (κ3) is 4.31. The van der Waals surface area contributed by atoms with Gasteiger partial charge in [0.2, 0.25) is 5.95 Å². The first-order valence-electron chi connectivity index (χ1n) is 12.5. The van der Waals surface area contributed by atoms with Gasteiger partial charge in [0, 0.05) is 13.8 Å². The predicted molar refractivity (Wildman–Crippen MR) is 119 cm³/mol. The molecule has 9 heteroatoms. The molecule has 0 aliphatic carbocycles. The lowest BCUT2D eigenvalue weighted by Crippen LogP contribution is -2.18. The number of pyridine rings is 1. The first-order valence-corrected chi connectivity index (χ1v) is 9.48. The number of nitrogens with two attached hydrogens (primary N) is 1. The van der Waals surface area contributed by atoms with Crippen molar-refractivity contribution in [2.75, 3.05) is 5.73 Å². The van der Waals surface area contributed by atoms with Crippen LogP contribution in [0.3, 0.4) is 0 Å². The van der Waals surface area contributed by atoms with Crippen molar-refractivity contribution in [3.05, 3.63) is 71.2 Å². The number of anilines is 1. The Bertz CT molecular complexity index is 1530. The zero-order valence-electron chi connectivity index (χ0n) is 23.0. The van der Waals surface area contributed by atoms with Crippen LogP contribution in [0.2, 0.25) is 0 Å². The zero-order valence-corrected chi connectivity index (χ0v) is 17.0. The van der Waals surface area contributed by atoms with Crippen molar-refractivity contribution in [1.29, 1.82) is 5.26 Å². The Morgan fingerprint density at radius 1 is 1.12 bits per heavy atom. The number of aromatic nitrogens is 6. The van der Waals surface area contributed by atoms with E-state index < -0.39 is 25.0 Å². The molecule has 3 N–H and O–H groups in total. The summed E-state index contributed by atoms with van der Waals surface area (Å²) in [6.07, 6.45) is 1.55. The molecule has 4 aromatic rings. The molecule has 0 unspecified atom stereocenters. The van der Waals surface area contributed by atoms with Gasteiger partial charge in [0.1, 0.15) is 11.3 Å². The summed E-state index contributed by atoms with van der Waals surface area (Å²) in [7, 11) is 0. The van der Waals surface area contributed by atoms with Gasteiger partial charge in [-0.1, -0.05) is 23.4 Å². The van der Waals surface area contributed by atoms with Crippen LogP contribution in [-0.2, 0) is 12.1 Å². The summed E-state index contributed by atoms with van der Waals surface area (Å²) < 4.78 is 47.1. The van der Waals surface area contributed by atoms with E-state index in [9.17, 15) is 10.4 Å². The van der Waals surface area contributed by atoms with Crippen LogP contribution < -0.4 is 5.73 Å². The van der Waals surface area contributed by atoms with E-state index in [0.717, 1.165) is 11.6 Å². The molecule has 0 aliphatic rings. The molecule has 1 aromatic carbocycles. The molecule has 0 atom stereocenters. The minimum absolute atomic E-state index is 0.00297. The summed E-state index contributed by atoms with van der Waals surface area (Å²) >= 11 is 0. The summed E-state index contributed by atoms with van der Waals surface area (Å²) in [5.41, 5.74) is 5.72. The molecule has 9 nitrogen and oxygen atoms in total. The summed E-state index contributed by atoms with van der Waals surface area (Å²) in [6, 6.07) is 13.2. The fourth-order valence-electron chi connectivity index (χ4n) is 3.20. The van der Waals surface area contributed by atoms with E-state index in [4.69, 9.17) is 14.0 Å². The van der Waals surface area contributed by atoms with E-state index >= 15 is 0 Å². The van der Waals surface area contributed by atoms with E-state index in [1.54, 1.807) is 24.4 Å². The van der Waals surface area contributed by atoms with Crippen LogP contribution in [0.4, 0.5) is 5.95 Å². The van der Waals surface area contributed by atoms with Gasteiger partial charge in [0.25, 0.3) is 0 Å². The molecule has 4 rings (SSSR count). The highest BCUT2D eigenvalue weighted by molar-refractivity contribution is 5.71. The highest BCUT2D eigenvalue weighted by Gasteiger charge is 2.18. The molecular formula is C23H22N8O. The third-order valence-corrected chi connectivity index (χ3v) is 4.78. The summed E-state index contributed by atoms with van der Waals surface area (Å²) in [5.74, 6) is -0.00297. The first kappa shape index (κ1) is 14.8. The fraction of sp³-hybridized carbons (Fsp3) is 0.217. The largest absolute Gasteiger partial charge is 0.384 e. The molecule has 32 heavy (non-hydrogen) atoms. The van der Waals surface area contributed by atoms with Crippen LogP contribution >= 0.6 is 0 Å². The van der Waals surface area contributed by atoms with Gasteiger partial charge in [-0.25, -0.2) is 14.6 Å². The number of hydrogen-bond acceptors (Lipinski definition) is 8. The molecule has 0 saturated carbocycles. The number of benzene rings is 1. The summed E-state index contributed by atoms with van der Waals surface area (Å²) in [6.45, 7) is -4.70. The van der Waals surface area contributed by atoms with E-state index in [1.807, 2.05) is 13.0 Å². The Kier molecular flexibility index (Phi) is 3.77. The van der Waals surface area contributed by atoms with Gasteiger partial charge in [-0.3, -0.25) is 4.98 Å². The van der Waals surface area contributed by atoms with Crippen LogP contribution in [0.25, 0.3) is 22.6 Å². The first-order chi connectivity index (χ1) is 17.7. The minimum Gasteiger partial charge on any atom is -0.384 e. The topological polar surface area (TPSA) is 139 Å². The van der Waals surface area contributed by atoms with Crippen LogP contribution in [0.15, 0.2) is 48.7 Å². The van der Waals surface area contributed by atoms with Crippen LogP contribution in [-0.4, -0.2) is 35.1 Å². The van der Waals surface area contributed by atoms with Gasteiger partial charge in [0.15, 0.2) is 0 Å². The van der Waals surface area contributed by atoms with Crippen molar-refractivity contribution in [3.8, 4) is 28.7 Å². The smallest absolute Gasteiger partial charge is 0.221 e. The molecule has 3 aromatic heterocycles. The number of aliphatic hydroxyl groups is 1. The predicted octanol–water partition coefficient (Wildman–Crippen LogP) is 2.84. The Balaban J connectivity index is 1.66. The van der Waals surface area contributed by atoms with Crippen molar-refractivity contribution < 1.29 is 13.3 Å². The maximum absolute atomic E-state index is 10.7. The maximum atomic E-state index is 10.7. The maximum Gasteiger partial charge on any atom is 0.221 e. The molecule has 0 spiro atoms. The zero-order chi connectivity index (χ0) is 27.9. The standard InChI is InChI=1S/C23H22N8O/c1-14-15(11-24)6-4-8-17(14)18-10-19(28-22(25)27-18)20-13-31(30-29-20)12-16-7-5-9-21(26-16)23(2,3)32/h4-10,13,32H,12H2,1-3H3,(H2,25,27,28)/i2D3,3D3. The Morgan fingerprint density at radius 2 is 1.91 bits per heavy atom. The highest BCUT2D eigenvalue weighted by Crippen LogP contribution is 2.27. The van der Waals surface area contributed by atoms with Gasteiger partial charge in [-0.15, -0.1) is 5.10 Å². The molecule has 160 valence electrons. The quantitative estimate of drug-likeness (QED) is 0.491. The lowest BCUT2D eigenvalue weighted by molar-refractivity contribution is 0.0736. The second-order valence-electron chi connectivity index (χ2n) is 7.11. The normalized spacial score (nSPS) is 14.9. The Labute approximate surface area is 193 Å². The van der Waals surface area contributed by atoms with E-state index in [2.05, 4.69) is 31.3 Å². The third-order valence-electron chi connectivity index (χ3n) is 4.78. The number of rotatable bonds is 5. The van der Waals surface area contributed by atoms with Gasteiger partial charge in [0.05, 0.1) is 47.1 Å². The van der Waals surface area contributed by atoms with Crippen molar-refractivity contribution in [1.82, 2.24) is 29.9 Å². The van der Waals surface area contributed by atoms with Gasteiger partial charge in [-0.2, -0.15) is 5.26 Å². The van der Waals surface area contributed by atoms with Crippen LogP contribution in [0.5, 0.6) is 0 Å². The van der Waals surface area contributed by atoms with Gasteiger partial charge < -0.3 is 10.8 Å². The molecule has 0 fully saturated rings. The molecular weight excluding hydrogens is 404 g/mol. The molecule has 3 heterocycles.